The molecule has 1 aromatic carbocycles. The fourth-order valence-electron chi connectivity index (χ4n) is 4.26. The van der Waals surface area contributed by atoms with Gasteiger partial charge in [0.15, 0.2) is 0 Å². The fraction of sp³-hybridized carbons (Fsp3) is 0.474. The second-order valence-corrected chi connectivity index (χ2v) is 7.83. The molecule has 0 aromatic heterocycles. The highest BCUT2D eigenvalue weighted by molar-refractivity contribution is 6.23. The number of nitrogens with one attached hydrogen (secondary N) is 1. The third-order valence-electron chi connectivity index (χ3n) is 5.77. The number of piperidine rings is 1. The Kier molecular flexibility index (Phi) is 4.89. The summed E-state index contributed by atoms with van der Waals surface area (Å²) in [5, 5.41) is 2.12. The van der Waals surface area contributed by atoms with Crippen LogP contribution in [-0.4, -0.2) is 64.8 Å². The van der Waals surface area contributed by atoms with Crippen molar-refractivity contribution in [1.29, 1.82) is 0 Å². The molecule has 0 radical (unpaired) electrons. The van der Waals surface area contributed by atoms with E-state index in [4.69, 9.17) is 5.73 Å². The summed E-state index contributed by atoms with van der Waals surface area (Å²) >= 11 is 0. The molecular weight excluding hydrogens is 405 g/mol. The summed E-state index contributed by atoms with van der Waals surface area (Å²) < 4.78 is 39.1. The molecule has 3 atom stereocenters. The van der Waals surface area contributed by atoms with E-state index in [-0.39, 0.29) is 43.6 Å². The van der Waals surface area contributed by atoms with E-state index < -0.39 is 47.8 Å². The van der Waals surface area contributed by atoms with Crippen LogP contribution in [0.4, 0.5) is 13.2 Å². The third kappa shape index (κ3) is 3.47. The van der Waals surface area contributed by atoms with E-state index in [1.165, 1.54) is 12.1 Å². The fourth-order valence-corrected chi connectivity index (χ4v) is 4.26. The van der Waals surface area contributed by atoms with Crippen LogP contribution in [0.3, 0.4) is 0 Å². The monoisotopic (exact) mass is 424 g/mol. The molecule has 2 fully saturated rings. The Morgan fingerprint density at radius 2 is 1.77 bits per heavy atom. The van der Waals surface area contributed by atoms with Crippen molar-refractivity contribution < 1.29 is 32.3 Å². The number of fused-ring (bicyclic) bond motifs is 1. The number of halogens is 3. The van der Waals surface area contributed by atoms with E-state index in [0.29, 0.717) is 5.56 Å². The quantitative estimate of drug-likeness (QED) is 0.680. The van der Waals surface area contributed by atoms with Gasteiger partial charge in [0, 0.05) is 32.1 Å². The molecule has 2 saturated heterocycles. The van der Waals surface area contributed by atoms with Gasteiger partial charge in [-0.05, 0) is 24.1 Å². The Morgan fingerprint density at radius 3 is 2.40 bits per heavy atom. The summed E-state index contributed by atoms with van der Waals surface area (Å²) in [5.74, 6) is -4.06. The van der Waals surface area contributed by atoms with E-state index in [9.17, 15) is 32.3 Å². The Hall–Kier alpha value is -2.79. The summed E-state index contributed by atoms with van der Waals surface area (Å²) in [4.78, 5) is 51.3. The van der Waals surface area contributed by atoms with E-state index in [2.05, 4.69) is 5.32 Å². The SMILES string of the molecule is NC1CN(Cc2ccc3c(c2)C(=O)N(C2CCC(=O)NC2=O)C3=O)CC1C(F)(F)F. The highest BCUT2D eigenvalue weighted by atomic mass is 19.4. The predicted octanol–water partition coefficient (Wildman–Crippen LogP) is 0.409. The summed E-state index contributed by atoms with van der Waals surface area (Å²) in [5.41, 5.74) is 6.42. The molecule has 160 valence electrons. The zero-order valence-corrected chi connectivity index (χ0v) is 15.7. The molecule has 3 aliphatic rings. The smallest absolute Gasteiger partial charge is 0.326 e. The van der Waals surface area contributed by atoms with Crippen LogP contribution >= 0.6 is 0 Å². The zero-order valence-electron chi connectivity index (χ0n) is 15.7. The minimum absolute atomic E-state index is 0.0185. The van der Waals surface area contributed by atoms with Gasteiger partial charge in [0.1, 0.15) is 6.04 Å². The molecule has 8 nitrogen and oxygen atoms in total. The van der Waals surface area contributed by atoms with Gasteiger partial charge in [-0.25, -0.2) is 0 Å². The van der Waals surface area contributed by atoms with Crippen molar-refractivity contribution >= 4 is 23.6 Å². The van der Waals surface area contributed by atoms with Gasteiger partial charge in [-0.15, -0.1) is 0 Å². The van der Waals surface area contributed by atoms with Crippen LogP contribution < -0.4 is 11.1 Å². The highest BCUT2D eigenvalue weighted by Gasteiger charge is 2.48. The lowest BCUT2D eigenvalue weighted by molar-refractivity contribution is -0.173. The van der Waals surface area contributed by atoms with E-state index in [1.54, 1.807) is 11.0 Å². The molecule has 0 bridgehead atoms. The van der Waals surface area contributed by atoms with Crippen LogP contribution in [0.25, 0.3) is 0 Å². The van der Waals surface area contributed by atoms with Crippen molar-refractivity contribution in [1.82, 2.24) is 15.1 Å². The maximum atomic E-state index is 13.0. The van der Waals surface area contributed by atoms with E-state index in [1.807, 2.05) is 0 Å². The molecule has 4 amide bonds. The number of amides is 4. The Bertz CT molecular complexity index is 948. The summed E-state index contributed by atoms with van der Waals surface area (Å²) in [6, 6.07) is 2.39. The normalized spacial score (nSPS) is 27.6. The lowest BCUT2D eigenvalue weighted by Crippen LogP contribution is -2.54. The highest BCUT2D eigenvalue weighted by Crippen LogP contribution is 2.34. The number of rotatable bonds is 3. The van der Waals surface area contributed by atoms with Gasteiger partial charge in [0.25, 0.3) is 11.8 Å². The molecule has 1 aromatic rings. The number of benzene rings is 1. The summed E-state index contributed by atoms with van der Waals surface area (Å²) in [6.45, 7) is -0.0268. The van der Waals surface area contributed by atoms with Gasteiger partial charge in [0.2, 0.25) is 11.8 Å². The first-order valence-electron chi connectivity index (χ1n) is 9.45. The average molecular weight is 424 g/mol. The number of likely N-dealkylation sites (tertiary alicyclic amines) is 1. The van der Waals surface area contributed by atoms with Gasteiger partial charge in [-0.1, -0.05) is 6.07 Å². The number of carbonyl (C=O) groups is 4. The number of nitrogens with zero attached hydrogens (tertiary/aromatic N) is 2. The molecule has 11 heteroatoms. The van der Waals surface area contributed by atoms with Gasteiger partial charge >= 0.3 is 6.18 Å². The van der Waals surface area contributed by atoms with E-state index in [0.717, 1.165) is 4.90 Å². The molecule has 4 rings (SSSR count). The van der Waals surface area contributed by atoms with Crippen molar-refractivity contribution in [3.8, 4) is 0 Å². The molecule has 0 spiro atoms. The standard InChI is InChI=1S/C19H19F3N4O4/c20-19(21,22)12-7-25(8-13(12)23)6-9-1-2-10-11(5-9)18(30)26(17(10)29)14-3-4-15(27)24-16(14)28/h1-2,5,12-14H,3-4,6-8,23H2,(H,24,27,28). The lowest BCUT2D eigenvalue weighted by atomic mass is 10.0. The first-order valence-corrected chi connectivity index (χ1v) is 9.45. The van der Waals surface area contributed by atoms with Crippen molar-refractivity contribution in [3.05, 3.63) is 34.9 Å². The molecule has 0 saturated carbocycles. The summed E-state index contributed by atoms with van der Waals surface area (Å²) in [6.07, 6.45) is -4.31. The number of imide groups is 2. The number of alkyl halides is 3. The Balaban J connectivity index is 1.51. The van der Waals surface area contributed by atoms with Crippen LogP contribution in [0, 0.1) is 5.92 Å². The Labute approximate surface area is 169 Å². The number of nitrogens with two attached hydrogens (primary N) is 1. The van der Waals surface area contributed by atoms with Crippen molar-refractivity contribution in [3.63, 3.8) is 0 Å². The number of carbonyl (C=O) groups excluding carboxylic acids is 4. The van der Waals surface area contributed by atoms with E-state index >= 15 is 0 Å². The second kappa shape index (κ2) is 7.17. The van der Waals surface area contributed by atoms with Crippen LogP contribution in [0.15, 0.2) is 18.2 Å². The molecule has 30 heavy (non-hydrogen) atoms. The first kappa shape index (κ1) is 20.5. The van der Waals surface area contributed by atoms with Gasteiger partial charge < -0.3 is 5.73 Å². The number of hydrogen-bond acceptors (Lipinski definition) is 6. The van der Waals surface area contributed by atoms with Crippen LogP contribution in [0.2, 0.25) is 0 Å². The molecule has 3 heterocycles. The molecule has 3 aliphatic heterocycles. The van der Waals surface area contributed by atoms with Crippen LogP contribution in [-0.2, 0) is 16.1 Å². The average Bonchev–Trinajstić information content (AvgIpc) is 3.14. The van der Waals surface area contributed by atoms with Gasteiger partial charge in [0.05, 0.1) is 17.0 Å². The topological polar surface area (TPSA) is 113 Å². The second-order valence-electron chi connectivity index (χ2n) is 7.83. The summed E-state index contributed by atoms with van der Waals surface area (Å²) in [7, 11) is 0. The maximum absolute atomic E-state index is 13.0. The molecule has 0 aliphatic carbocycles. The van der Waals surface area contributed by atoms with Gasteiger partial charge in [-0.3, -0.25) is 34.3 Å². The number of hydrogen-bond donors (Lipinski definition) is 2. The lowest BCUT2D eigenvalue weighted by Gasteiger charge is -2.27. The van der Waals surface area contributed by atoms with Crippen LogP contribution in [0.1, 0.15) is 39.1 Å². The van der Waals surface area contributed by atoms with Crippen molar-refractivity contribution in [2.75, 3.05) is 13.1 Å². The molecular formula is C19H19F3N4O4. The minimum atomic E-state index is -4.38. The maximum Gasteiger partial charge on any atom is 0.394 e. The first-order chi connectivity index (χ1) is 14.1. The Morgan fingerprint density at radius 1 is 1.07 bits per heavy atom. The van der Waals surface area contributed by atoms with Crippen LogP contribution in [0.5, 0.6) is 0 Å². The van der Waals surface area contributed by atoms with Crippen molar-refractivity contribution in [2.24, 2.45) is 11.7 Å². The molecule has 3 N–H and O–H groups in total. The largest absolute Gasteiger partial charge is 0.394 e. The minimum Gasteiger partial charge on any atom is -0.326 e. The predicted molar refractivity (Wildman–Crippen MR) is 95.9 cm³/mol. The molecule has 3 unspecified atom stereocenters. The van der Waals surface area contributed by atoms with Gasteiger partial charge in [-0.2, -0.15) is 13.2 Å². The van der Waals surface area contributed by atoms with Crippen molar-refractivity contribution in [2.45, 2.75) is 37.6 Å². The zero-order chi connectivity index (χ0) is 21.8. The third-order valence-corrected chi connectivity index (χ3v) is 5.77.